The third-order valence-electron chi connectivity index (χ3n) is 5.32. The molecule has 0 spiro atoms. The Morgan fingerprint density at radius 3 is 2.11 bits per heavy atom. The van der Waals surface area contributed by atoms with Gasteiger partial charge in [-0.3, -0.25) is 9.59 Å². The third-order valence-corrected chi connectivity index (χ3v) is 5.67. The number of carbonyl (C=O) groups is 4. The predicted molar refractivity (Wildman–Crippen MR) is 139 cm³/mol. The summed E-state index contributed by atoms with van der Waals surface area (Å²) in [6.45, 7) is 5.37. The maximum atomic E-state index is 13.0. The molecule has 1 N–H and O–H groups in total. The first-order chi connectivity index (χ1) is 17.6. The van der Waals surface area contributed by atoms with Crippen LogP contribution in [0.5, 0.6) is 5.75 Å². The summed E-state index contributed by atoms with van der Waals surface area (Å²) in [5, 5.41) is 2.57. The molecule has 0 aromatic heterocycles. The smallest absolute Gasteiger partial charge is 0.343 e. The van der Waals surface area contributed by atoms with Gasteiger partial charge in [0.2, 0.25) is 0 Å². The van der Waals surface area contributed by atoms with Crippen LogP contribution in [0, 0.1) is 6.92 Å². The zero-order valence-electron chi connectivity index (χ0n) is 20.3. The van der Waals surface area contributed by atoms with Gasteiger partial charge in [-0.2, -0.15) is 0 Å². The molecule has 0 saturated heterocycles. The molecule has 0 bridgehead atoms. The molecule has 0 radical (unpaired) electrons. The van der Waals surface area contributed by atoms with E-state index in [0.717, 1.165) is 10.5 Å². The summed E-state index contributed by atoms with van der Waals surface area (Å²) in [6.07, 6.45) is -0.279. The lowest BCUT2D eigenvalue weighted by molar-refractivity contribution is -0.120. The molecular formula is C28H23ClN2O6. The molecule has 188 valence electrons. The van der Waals surface area contributed by atoms with E-state index in [1.54, 1.807) is 44.2 Å². The minimum absolute atomic E-state index is 0.106. The Hall–Kier alpha value is -4.43. The molecule has 4 rings (SSSR count). The van der Waals surface area contributed by atoms with E-state index in [1.807, 2.05) is 13.0 Å². The van der Waals surface area contributed by atoms with E-state index in [2.05, 4.69) is 5.32 Å². The van der Waals surface area contributed by atoms with Crippen LogP contribution in [0.1, 0.15) is 40.1 Å². The topological polar surface area (TPSA) is 102 Å². The van der Waals surface area contributed by atoms with Crippen molar-refractivity contribution in [2.24, 2.45) is 0 Å². The number of hydrogen-bond acceptors (Lipinski definition) is 7. The Kier molecular flexibility index (Phi) is 7.40. The molecule has 3 aromatic carbocycles. The first kappa shape index (κ1) is 25.7. The number of benzene rings is 3. The quantitative estimate of drug-likeness (QED) is 0.260. The van der Waals surface area contributed by atoms with E-state index in [9.17, 15) is 19.2 Å². The van der Waals surface area contributed by atoms with Gasteiger partial charge >= 0.3 is 11.9 Å². The van der Waals surface area contributed by atoms with E-state index in [0.29, 0.717) is 17.0 Å². The van der Waals surface area contributed by atoms with E-state index in [1.165, 1.54) is 36.4 Å². The molecule has 37 heavy (non-hydrogen) atoms. The summed E-state index contributed by atoms with van der Waals surface area (Å²) in [6, 6.07) is 19.2. The van der Waals surface area contributed by atoms with Gasteiger partial charge in [0.15, 0.2) is 0 Å². The van der Waals surface area contributed by atoms with Gasteiger partial charge in [0.1, 0.15) is 16.5 Å². The van der Waals surface area contributed by atoms with Gasteiger partial charge < -0.3 is 14.8 Å². The predicted octanol–water partition coefficient (Wildman–Crippen LogP) is 5.22. The van der Waals surface area contributed by atoms with Crippen LogP contribution in [-0.2, 0) is 14.3 Å². The number of anilines is 2. The number of imide groups is 1. The minimum Gasteiger partial charge on any atom is -0.459 e. The molecule has 0 atom stereocenters. The fourth-order valence-electron chi connectivity index (χ4n) is 3.55. The van der Waals surface area contributed by atoms with E-state index < -0.39 is 23.8 Å². The molecule has 1 aliphatic heterocycles. The monoisotopic (exact) mass is 518 g/mol. The van der Waals surface area contributed by atoms with Crippen LogP contribution in [0.15, 0.2) is 83.5 Å². The van der Waals surface area contributed by atoms with Gasteiger partial charge in [-0.05, 0) is 87.0 Å². The summed E-state index contributed by atoms with van der Waals surface area (Å²) in [5.74, 6) is -1.97. The van der Waals surface area contributed by atoms with Crippen molar-refractivity contribution in [1.29, 1.82) is 0 Å². The van der Waals surface area contributed by atoms with Crippen molar-refractivity contribution in [2.45, 2.75) is 26.9 Å². The summed E-state index contributed by atoms with van der Waals surface area (Å²) in [5.41, 5.74) is 2.14. The van der Waals surface area contributed by atoms with Gasteiger partial charge in [-0.1, -0.05) is 23.7 Å². The second-order valence-corrected chi connectivity index (χ2v) is 8.92. The highest BCUT2D eigenvalue weighted by Gasteiger charge is 2.39. The Labute approximate surface area is 218 Å². The second-order valence-electron chi connectivity index (χ2n) is 8.54. The third kappa shape index (κ3) is 5.70. The zero-order valence-corrected chi connectivity index (χ0v) is 21.0. The number of ether oxygens (including phenoxy) is 2. The molecule has 1 heterocycles. The fourth-order valence-corrected chi connectivity index (χ4v) is 3.77. The summed E-state index contributed by atoms with van der Waals surface area (Å²) < 4.78 is 10.5. The van der Waals surface area contributed by atoms with Crippen LogP contribution in [0.3, 0.4) is 0 Å². The van der Waals surface area contributed by atoms with Crippen LogP contribution in [0.4, 0.5) is 11.4 Å². The number of nitrogens with zero attached hydrogens (tertiary/aromatic N) is 1. The molecule has 1 aliphatic rings. The number of nitrogens with one attached hydrogen (secondary N) is 1. The number of halogens is 1. The molecular weight excluding hydrogens is 496 g/mol. The van der Waals surface area contributed by atoms with Crippen molar-refractivity contribution in [2.75, 3.05) is 10.2 Å². The Bertz CT molecular complexity index is 1410. The van der Waals surface area contributed by atoms with Crippen LogP contribution in [0.2, 0.25) is 0 Å². The van der Waals surface area contributed by atoms with Gasteiger partial charge in [-0.15, -0.1) is 0 Å². The SMILES string of the molecule is Cc1cccc(OC(=O)c2ccc(NC3=C(Cl)C(=O)N(c4ccc(C(=O)OC(C)C)cc4)C3=O)cc2)c1. The first-order valence-electron chi connectivity index (χ1n) is 11.4. The van der Waals surface area contributed by atoms with Crippen molar-refractivity contribution in [3.63, 3.8) is 0 Å². The van der Waals surface area contributed by atoms with Crippen LogP contribution in [-0.4, -0.2) is 29.9 Å². The van der Waals surface area contributed by atoms with Gasteiger partial charge in [0, 0.05) is 5.69 Å². The number of amides is 2. The number of aryl methyl sites for hydroxylation is 1. The average Bonchev–Trinajstić information content (AvgIpc) is 3.07. The van der Waals surface area contributed by atoms with Gasteiger partial charge in [0.25, 0.3) is 11.8 Å². The van der Waals surface area contributed by atoms with Crippen molar-refractivity contribution in [1.82, 2.24) is 0 Å². The summed E-state index contributed by atoms with van der Waals surface area (Å²) in [7, 11) is 0. The van der Waals surface area contributed by atoms with Crippen molar-refractivity contribution >= 4 is 46.7 Å². The molecule has 0 unspecified atom stereocenters. The Balaban J connectivity index is 1.45. The fraction of sp³-hybridized carbons (Fsp3) is 0.143. The Morgan fingerprint density at radius 2 is 1.49 bits per heavy atom. The minimum atomic E-state index is -0.704. The molecule has 9 heteroatoms. The Morgan fingerprint density at radius 1 is 0.865 bits per heavy atom. The molecule has 3 aromatic rings. The van der Waals surface area contributed by atoms with Gasteiger partial charge in [-0.25, -0.2) is 14.5 Å². The largest absolute Gasteiger partial charge is 0.459 e. The van der Waals surface area contributed by atoms with Crippen molar-refractivity contribution < 1.29 is 28.7 Å². The van der Waals surface area contributed by atoms with Crippen molar-refractivity contribution in [3.8, 4) is 5.75 Å². The lowest BCUT2D eigenvalue weighted by Gasteiger charge is -2.16. The maximum Gasteiger partial charge on any atom is 0.343 e. The normalized spacial score (nSPS) is 13.3. The van der Waals surface area contributed by atoms with Crippen LogP contribution >= 0.6 is 11.6 Å². The van der Waals surface area contributed by atoms with Crippen LogP contribution < -0.4 is 15.0 Å². The summed E-state index contributed by atoms with van der Waals surface area (Å²) >= 11 is 6.20. The van der Waals surface area contributed by atoms with E-state index in [4.69, 9.17) is 21.1 Å². The molecule has 0 aliphatic carbocycles. The van der Waals surface area contributed by atoms with E-state index in [-0.39, 0.29) is 28.1 Å². The highest BCUT2D eigenvalue weighted by Crippen LogP contribution is 2.30. The molecule has 8 nitrogen and oxygen atoms in total. The second kappa shape index (κ2) is 10.7. The number of carbonyl (C=O) groups excluding carboxylic acids is 4. The molecule has 0 fully saturated rings. The standard InChI is InChI=1S/C28H23ClN2O6/c1-16(2)36-27(34)19-9-13-21(14-10-19)31-25(32)23(29)24(26(31)33)30-20-11-7-18(8-12-20)28(35)37-22-6-4-5-17(3)15-22/h4-16,30H,1-3H3. The average molecular weight is 519 g/mol. The lowest BCUT2D eigenvalue weighted by atomic mass is 10.2. The van der Waals surface area contributed by atoms with Gasteiger partial charge in [0.05, 0.1) is 22.9 Å². The summed E-state index contributed by atoms with van der Waals surface area (Å²) in [4.78, 5) is 51.2. The lowest BCUT2D eigenvalue weighted by Crippen LogP contribution is -2.32. The van der Waals surface area contributed by atoms with E-state index >= 15 is 0 Å². The van der Waals surface area contributed by atoms with Crippen LogP contribution in [0.25, 0.3) is 0 Å². The number of hydrogen-bond donors (Lipinski definition) is 1. The highest BCUT2D eigenvalue weighted by atomic mass is 35.5. The first-order valence-corrected chi connectivity index (χ1v) is 11.8. The maximum absolute atomic E-state index is 13.0. The zero-order chi connectivity index (χ0) is 26.7. The van der Waals surface area contributed by atoms with Crippen molar-refractivity contribution in [3.05, 3.63) is 100 Å². The number of rotatable bonds is 7. The number of esters is 2. The molecule has 2 amide bonds. The highest BCUT2D eigenvalue weighted by molar-refractivity contribution is 6.53. The molecule has 0 saturated carbocycles.